The summed E-state index contributed by atoms with van der Waals surface area (Å²) in [4.78, 5) is 11.1. The molecule has 0 aliphatic carbocycles. The summed E-state index contributed by atoms with van der Waals surface area (Å²) in [6.07, 6.45) is 0. The molecule has 2 rings (SSSR count). The highest BCUT2D eigenvalue weighted by atomic mass is 79.9. The third kappa shape index (κ3) is 3.41. The van der Waals surface area contributed by atoms with Crippen molar-refractivity contribution in [3.8, 4) is 11.5 Å². The standard InChI is InChI=1S/C13H7BrCl2O3/c14-7-1-4-10(16)12(5-7)19-11-6-8(15)2-3-9(11)13(17)18/h1-6H,(H,17,18). The number of carbonyl (C=O) groups is 1. The molecule has 0 aliphatic rings. The van der Waals surface area contributed by atoms with Gasteiger partial charge in [-0.1, -0.05) is 39.1 Å². The van der Waals surface area contributed by atoms with E-state index in [1.807, 2.05) is 0 Å². The first-order valence-corrected chi connectivity index (χ1v) is 6.68. The molecule has 0 spiro atoms. The normalized spacial score (nSPS) is 10.3. The summed E-state index contributed by atoms with van der Waals surface area (Å²) in [6.45, 7) is 0. The summed E-state index contributed by atoms with van der Waals surface area (Å²) in [6, 6.07) is 9.35. The molecular formula is C13H7BrCl2O3. The van der Waals surface area contributed by atoms with E-state index in [1.54, 1.807) is 18.2 Å². The van der Waals surface area contributed by atoms with E-state index in [-0.39, 0.29) is 11.3 Å². The van der Waals surface area contributed by atoms with Gasteiger partial charge in [0, 0.05) is 15.6 Å². The molecule has 0 fully saturated rings. The highest BCUT2D eigenvalue weighted by molar-refractivity contribution is 9.10. The van der Waals surface area contributed by atoms with E-state index < -0.39 is 5.97 Å². The second kappa shape index (κ2) is 5.82. The van der Waals surface area contributed by atoms with Crippen LogP contribution in [-0.2, 0) is 0 Å². The Balaban J connectivity index is 2.45. The van der Waals surface area contributed by atoms with E-state index in [4.69, 9.17) is 33.0 Å². The van der Waals surface area contributed by atoms with Gasteiger partial charge in [0.1, 0.15) is 17.1 Å². The molecule has 0 bridgehead atoms. The molecule has 0 amide bonds. The Morgan fingerprint density at radius 3 is 2.53 bits per heavy atom. The van der Waals surface area contributed by atoms with Crippen LogP contribution in [0, 0.1) is 0 Å². The lowest BCUT2D eigenvalue weighted by Crippen LogP contribution is -2.00. The van der Waals surface area contributed by atoms with E-state index in [0.717, 1.165) is 4.47 Å². The van der Waals surface area contributed by atoms with Crippen molar-refractivity contribution in [3.63, 3.8) is 0 Å². The molecule has 0 unspecified atom stereocenters. The van der Waals surface area contributed by atoms with Crippen LogP contribution in [0.5, 0.6) is 11.5 Å². The lowest BCUT2D eigenvalue weighted by atomic mass is 10.2. The van der Waals surface area contributed by atoms with Gasteiger partial charge < -0.3 is 9.84 Å². The molecule has 98 valence electrons. The minimum absolute atomic E-state index is 0.0143. The number of aromatic carboxylic acids is 1. The number of benzene rings is 2. The zero-order chi connectivity index (χ0) is 14.0. The molecule has 0 saturated heterocycles. The van der Waals surface area contributed by atoms with Gasteiger partial charge in [-0.25, -0.2) is 4.79 Å². The van der Waals surface area contributed by atoms with Crippen molar-refractivity contribution < 1.29 is 14.6 Å². The van der Waals surface area contributed by atoms with Crippen LogP contribution in [-0.4, -0.2) is 11.1 Å². The zero-order valence-corrected chi connectivity index (χ0v) is 12.5. The van der Waals surface area contributed by atoms with Crippen LogP contribution in [0.15, 0.2) is 40.9 Å². The Morgan fingerprint density at radius 2 is 1.84 bits per heavy atom. The number of ether oxygens (including phenoxy) is 1. The number of hydrogen-bond acceptors (Lipinski definition) is 2. The van der Waals surface area contributed by atoms with Crippen LogP contribution in [0.25, 0.3) is 0 Å². The summed E-state index contributed by atoms with van der Waals surface area (Å²) in [5.74, 6) is -0.612. The monoisotopic (exact) mass is 360 g/mol. The van der Waals surface area contributed by atoms with Gasteiger partial charge in [-0.2, -0.15) is 0 Å². The Kier molecular flexibility index (Phi) is 4.34. The number of hydrogen-bond donors (Lipinski definition) is 1. The first-order chi connectivity index (χ1) is 8.97. The maximum absolute atomic E-state index is 11.1. The first-order valence-electron chi connectivity index (χ1n) is 5.13. The van der Waals surface area contributed by atoms with Gasteiger partial charge in [0.05, 0.1) is 5.02 Å². The SMILES string of the molecule is O=C(O)c1ccc(Cl)cc1Oc1cc(Br)ccc1Cl. The highest BCUT2D eigenvalue weighted by Crippen LogP contribution is 2.34. The third-order valence-electron chi connectivity index (χ3n) is 2.29. The summed E-state index contributed by atoms with van der Waals surface area (Å²) in [7, 11) is 0. The Labute approximate surface area is 127 Å². The fourth-order valence-electron chi connectivity index (χ4n) is 1.43. The summed E-state index contributed by atoms with van der Waals surface area (Å²) in [5, 5.41) is 9.85. The molecule has 0 atom stereocenters. The molecule has 6 heteroatoms. The zero-order valence-electron chi connectivity index (χ0n) is 9.36. The fraction of sp³-hybridized carbons (Fsp3) is 0. The van der Waals surface area contributed by atoms with Gasteiger partial charge in [-0.3, -0.25) is 0 Å². The Hall–Kier alpha value is -1.23. The van der Waals surface area contributed by atoms with E-state index in [1.165, 1.54) is 18.2 Å². The average Bonchev–Trinajstić information content (AvgIpc) is 2.33. The van der Waals surface area contributed by atoms with Crippen LogP contribution in [0.4, 0.5) is 0 Å². The van der Waals surface area contributed by atoms with Gasteiger partial charge >= 0.3 is 5.97 Å². The molecule has 0 saturated carbocycles. The predicted octanol–water partition coefficient (Wildman–Crippen LogP) is 5.25. The van der Waals surface area contributed by atoms with Gasteiger partial charge in [-0.15, -0.1) is 0 Å². The maximum Gasteiger partial charge on any atom is 0.339 e. The fourth-order valence-corrected chi connectivity index (χ4v) is 2.09. The first kappa shape index (κ1) is 14.2. The maximum atomic E-state index is 11.1. The topological polar surface area (TPSA) is 46.5 Å². The molecule has 2 aromatic rings. The largest absolute Gasteiger partial charge is 0.478 e. The van der Waals surface area contributed by atoms with Crippen molar-refractivity contribution in [3.05, 3.63) is 56.5 Å². The summed E-state index contributed by atoms with van der Waals surface area (Å²) in [5.41, 5.74) is 0.0143. The molecule has 0 radical (unpaired) electrons. The molecule has 0 heterocycles. The quantitative estimate of drug-likeness (QED) is 0.812. The van der Waals surface area contributed by atoms with Crippen molar-refractivity contribution in [1.29, 1.82) is 0 Å². The van der Waals surface area contributed by atoms with Gasteiger partial charge in [0.25, 0.3) is 0 Å². The molecule has 2 aromatic carbocycles. The van der Waals surface area contributed by atoms with Gasteiger partial charge in [-0.05, 0) is 30.3 Å². The second-order valence-electron chi connectivity index (χ2n) is 3.62. The molecular weight excluding hydrogens is 355 g/mol. The number of carboxylic acid groups (broad SMARTS) is 1. The van der Waals surface area contributed by atoms with Crippen molar-refractivity contribution in [2.75, 3.05) is 0 Å². The van der Waals surface area contributed by atoms with Crippen LogP contribution in [0.2, 0.25) is 10.0 Å². The van der Waals surface area contributed by atoms with Crippen LogP contribution in [0.1, 0.15) is 10.4 Å². The molecule has 0 aliphatic heterocycles. The lowest BCUT2D eigenvalue weighted by Gasteiger charge is -2.10. The van der Waals surface area contributed by atoms with Crippen molar-refractivity contribution in [2.45, 2.75) is 0 Å². The van der Waals surface area contributed by atoms with Crippen molar-refractivity contribution in [1.82, 2.24) is 0 Å². The molecule has 19 heavy (non-hydrogen) atoms. The van der Waals surface area contributed by atoms with Crippen LogP contribution in [0.3, 0.4) is 0 Å². The summed E-state index contributed by atoms with van der Waals surface area (Å²) < 4.78 is 6.31. The minimum atomic E-state index is -1.10. The van der Waals surface area contributed by atoms with Gasteiger partial charge in [0.2, 0.25) is 0 Å². The molecule has 3 nitrogen and oxygen atoms in total. The van der Waals surface area contributed by atoms with E-state index in [0.29, 0.717) is 15.8 Å². The van der Waals surface area contributed by atoms with E-state index in [2.05, 4.69) is 15.9 Å². The number of rotatable bonds is 3. The highest BCUT2D eigenvalue weighted by Gasteiger charge is 2.14. The average molecular weight is 362 g/mol. The second-order valence-corrected chi connectivity index (χ2v) is 5.38. The van der Waals surface area contributed by atoms with E-state index in [9.17, 15) is 4.79 Å². The Morgan fingerprint density at radius 1 is 1.11 bits per heavy atom. The smallest absolute Gasteiger partial charge is 0.339 e. The van der Waals surface area contributed by atoms with Crippen LogP contribution >= 0.6 is 39.1 Å². The number of carboxylic acids is 1. The molecule has 0 aromatic heterocycles. The predicted molar refractivity (Wildman–Crippen MR) is 77.6 cm³/mol. The minimum Gasteiger partial charge on any atom is -0.478 e. The third-order valence-corrected chi connectivity index (χ3v) is 3.33. The van der Waals surface area contributed by atoms with E-state index >= 15 is 0 Å². The lowest BCUT2D eigenvalue weighted by molar-refractivity contribution is 0.0694. The molecule has 1 N–H and O–H groups in total. The van der Waals surface area contributed by atoms with Crippen molar-refractivity contribution in [2.24, 2.45) is 0 Å². The summed E-state index contributed by atoms with van der Waals surface area (Å²) >= 11 is 15.1. The van der Waals surface area contributed by atoms with Crippen LogP contribution < -0.4 is 4.74 Å². The van der Waals surface area contributed by atoms with Crippen molar-refractivity contribution >= 4 is 45.1 Å². The Bertz CT molecular complexity index is 644. The van der Waals surface area contributed by atoms with Gasteiger partial charge in [0.15, 0.2) is 0 Å². The number of halogens is 3.